The molecule has 2 rings (SSSR count). The summed E-state index contributed by atoms with van der Waals surface area (Å²) in [5, 5.41) is 7.58. The minimum absolute atomic E-state index is 0.861. The van der Waals surface area contributed by atoms with Crippen LogP contribution in [0.1, 0.15) is 17.0 Å². The molecule has 0 aromatic carbocycles. The van der Waals surface area contributed by atoms with Crippen molar-refractivity contribution in [2.45, 2.75) is 19.9 Å². The number of aromatic nitrogens is 2. The van der Waals surface area contributed by atoms with E-state index in [2.05, 4.69) is 17.3 Å². The van der Waals surface area contributed by atoms with Crippen LogP contribution in [0.25, 0.3) is 0 Å². The Balaban J connectivity index is 1.74. The highest BCUT2D eigenvalue weighted by molar-refractivity contribution is 5.15. The predicted molar refractivity (Wildman–Crippen MR) is 62.1 cm³/mol. The van der Waals surface area contributed by atoms with Gasteiger partial charge in [0.05, 0.1) is 12.5 Å². The largest absolute Gasteiger partial charge is 0.469 e. The van der Waals surface area contributed by atoms with Gasteiger partial charge in [0.2, 0.25) is 0 Å². The Morgan fingerprint density at radius 3 is 3.00 bits per heavy atom. The van der Waals surface area contributed by atoms with Crippen LogP contribution in [0, 0.1) is 6.92 Å². The molecule has 0 aliphatic carbocycles. The van der Waals surface area contributed by atoms with E-state index >= 15 is 0 Å². The smallest absolute Gasteiger partial charge is 0.105 e. The molecule has 4 heteroatoms. The van der Waals surface area contributed by atoms with Crippen LogP contribution in [0.5, 0.6) is 0 Å². The average molecular weight is 219 g/mol. The lowest BCUT2D eigenvalue weighted by Crippen LogP contribution is -2.16. The van der Waals surface area contributed by atoms with E-state index in [0.717, 1.165) is 25.3 Å². The summed E-state index contributed by atoms with van der Waals surface area (Å²) in [5.74, 6) is 1.02. The normalized spacial score (nSPS) is 10.9. The molecule has 16 heavy (non-hydrogen) atoms. The molecule has 0 amide bonds. The van der Waals surface area contributed by atoms with Gasteiger partial charge in [-0.3, -0.25) is 4.68 Å². The van der Waals surface area contributed by atoms with Crippen molar-refractivity contribution in [2.24, 2.45) is 7.05 Å². The number of aryl methyl sites for hydroxylation is 1. The van der Waals surface area contributed by atoms with Gasteiger partial charge in [0, 0.05) is 37.8 Å². The molecule has 0 radical (unpaired) electrons. The molecule has 2 aromatic rings. The SMILES string of the molecule is Cc1c(CNCCc2ccco2)cnn1C. The molecule has 0 aliphatic rings. The first kappa shape index (κ1) is 11.0. The van der Waals surface area contributed by atoms with Crippen molar-refractivity contribution >= 4 is 0 Å². The molecule has 0 atom stereocenters. The molecule has 2 aromatic heterocycles. The van der Waals surface area contributed by atoms with Gasteiger partial charge in [0.1, 0.15) is 5.76 Å². The third-order valence-corrected chi connectivity index (χ3v) is 2.78. The minimum atomic E-state index is 0.861. The average Bonchev–Trinajstić information content (AvgIpc) is 2.88. The molecular weight excluding hydrogens is 202 g/mol. The van der Waals surface area contributed by atoms with Crippen LogP contribution < -0.4 is 5.32 Å². The summed E-state index contributed by atoms with van der Waals surface area (Å²) in [6.45, 7) is 3.86. The van der Waals surface area contributed by atoms with E-state index in [1.807, 2.05) is 30.1 Å². The molecule has 0 bridgehead atoms. The van der Waals surface area contributed by atoms with Crippen molar-refractivity contribution in [1.29, 1.82) is 0 Å². The summed E-state index contributed by atoms with van der Waals surface area (Å²) in [7, 11) is 1.96. The molecule has 2 heterocycles. The molecule has 0 unspecified atom stereocenters. The van der Waals surface area contributed by atoms with Gasteiger partial charge in [-0.2, -0.15) is 5.10 Å². The number of hydrogen-bond acceptors (Lipinski definition) is 3. The molecule has 4 nitrogen and oxygen atoms in total. The van der Waals surface area contributed by atoms with Crippen molar-refractivity contribution in [3.8, 4) is 0 Å². The molecule has 1 N–H and O–H groups in total. The quantitative estimate of drug-likeness (QED) is 0.778. The van der Waals surface area contributed by atoms with E-state index in [0.29, 0.717) is 0 Å². The molecule has 0 saturated carbocycles. The van der Waals surface area contributed by atoms with Crippen LogP contribution in [-0.2, 0) is 20.0 Å². The Bertz CT molecular complexity index is 431. The van der Waals surface area contributed by atoms with Gasteiger partial charge in [-0.15, -0.1) is 0 Å². The van der Waals surface area contributed by atoms with Crippen LogP contribution in [0.3, 0.4) is 0 Å². The Morgan fingerprint density at radius 1 is 1.50 bits per heavy atom. The van der Waals surface area contributed by atoms with Crippen molar-refractivity contribution in [3.05, 3.63) is 41.6 Å². The Hall–Kier alpha value is -1.55. The Labute approximate surface area is 95.3 Å². The standard InChI is InChI=1S/C12H17N3O/c1-10-11(9-14-15(10)2)8-13-6-5-12-4-3-7-16-12/h3-4,7,9,13H,5-6,8H2,1-2H3. The van der Waals surface area contributed by atoms with E-state index in [4.69, 9.17) is 4.42 Å². The molecule has 0 aliphatic heterocycles. The van der Waals surface area contributed by atoms with Gasteiger partial charge in [0.25, 0.3) is 0 Å². The van der Waals surface area contributed by atoms with Gasteiger partial charge >= 0.3 is 0 Å². The minimum Gasteiger partial charge on any atom is -0.469 e. The molecule has 86 valence electrons. The van der Waals surface area contributed by atoms with Crippen molar-refractivity contribution in [2.75, 3.05) is 6.54 Å². The Kier molecular flexibility index (Phi) is 3.41. The molecule has 0 saturated heterocycles. The fourth-order valence-corrected chi connectivity index (χ4v) is 1.61. The lowest BCUT2D eigenvalue weighted by Gasteiger charge is -2.03. The number of rotatable bonds is 5. The second-order valence-corrected chi connectivity index (χ2v) is 3.88. The van der Waals surface area contributed by atoms with E-state index in [1.54, 1.807) is 6.26 Å². The number of hydrogen-bond donors (Lipinski definition) is 1. The van der Waals surface area contributed by atoms with Crippen LogP contribution in [-0.4, -0.2) is 16.3 Å². The highest BCUT2D eigenvalue weighted by atomic mass is 16.3. The lowest BCUT2D eigenvalue weighted by atomic mass is 10.2. The zero-order chi connectivity index (χ0) is 11.4. The van der Waals surface area contributed by atoms with E-state index in [-0.39, 0.29) is 0 Å². The second kappa shape index (κ2) is 4.99. The number of nitrogens with one attached hydrogen (secondary N) is 1. The van der Waals surface area contributed by atoms with Crippen LogP contribution >= 0.6 is 0 Å². The van der Waals surface area contributed by atoms with Crippen LogP contribution in [0.15, 0.2) is 29.0 Å². The first-order chi connectivity index (χ1) is 7.77. The van der Waals surface area contributed by atoms with Gasteiger partial charge in [-0.05, 0) is 19.1 Å². The van der Waals surface area contributed by atoms with Gasteiger partial charge in [-0.25, -0.2) is 0 Å². The monoisotopic (exact) mass is 219 g/mol. The van der Waals surface area contributed by atoms with Crippen molar-refractivity contribution < 1.29 is 4.42 Å². The molecule has 0 fully saturated rings. The summed E-state index contributed by atoms with van der Waals surface area (Å²) < 4.78 is 7.15. The van der Waals surface area contributed by atoms with E-state index in [1.165, 1.54) is 11.3 Å². The topological polar surface area (TPSA) is 43.0 Å². The van der Waals surface area contributed by atoms with Crippen LogP contribution in [0.2, 0.25) is 0 Å². The summed E-state index contributed by atoms with van der Waals surface area (Å²) in [6.07, 6.45) is 4.54. The van der Waals surface area contributed by atoms with Crippen molar-refractivity contribution in [3.63, 3.8) is 0 Å². The number of furan rings is 1. The summed E-state index contributed by atoms with van der Waals surface area (Å²) in [5.41, 5.74) is 2.47. The third-order valence-electron chi connectivity index (χ3n) is 2.78. The maximum Gasteiger partial charge on any atom is 0.105 e. The Morgan fingerprint density at radius 2 is 2.38 bits per heavy atom. The number of nitrogens with zero attached hydrogens (tertiary/aromatic N) is 2. The van der Waals surface area contributed by atoms with E-state index < -0.39 is 0 Å². The second-order valence-electron chi connectivity index (χ2n) is 3.88. The summed E-state index contributed by atoms with van der Waals surface area (Å²) in [4.78, 5) is 0. The van der Waals surface area contributed by atoms with Gasteiger partial charge in [-0.1, -0.05) is 0 Å². The summed E-state index contributed by atoms with van der Waals surface area (Å²) in [6, 6.07) is 3.91. The van der Waals surface area contributed by atoms with Crippen molar-refractivity contribution in [1.82, 2.24) is 15.1 Å². The predicted octanol–water partition coefficient (Wildman–Crippen LogP) is 1.65. The van der Waals surface area contributed by atoms with Crippen LogP contribution in [0.4, 0.5) is 0 Å². The lowest BCUT2D eigenvalue weighted by molar-refractivity contribution is 0.498. The zero-order valence-electron chi connectivity index (χ0n) is 9.73. The first-order valence-electron chi connectivity index (χ1n) is 5.48. The first-order valence-corrected chi connectivity index (χ1v) is 5.48. The molecule has 0 spiro atoms. The zero-order valence-corrected chi connectivity index (χ0v) is 9.73. The maximum atomic E-state index is 5.26. The van der Waals surface area contributed by atoms with Gasteiger partial charge in [0.15, 0.2) is 0 Å². The summed E-state index contributed by atoms with van der Waals surface area (Å²) >= 11 is 0. The van der Waals surface area contributed by atoms with E-state index in [9.17, 15) is 0 Å². The van der Waals surface area contributed by atoms with Gasteiger partial charge < -0.3 is 9.73 Å². The fraction of sp³-hybridized carbons (Fsp3) is 0.417. The highest BCUT2D eigenvalue weighted by Crippen LogP contribution is 2.05. The fourth-order valence-electron chi connectivity index (χ4n) is 1.61. The molecular formula is C12H17N3O. The maximum absolute atomic E-state index is 5.26. The highest BCUT2D eigenvalue weighted by Gasteiger charge is 2.02. The third kappa shape index (κ3) is 2.52.